The molecule has 0 saturated heterocycles. The molecule has 1 aliphatic carbocycles. The van der Waals surface area contributed by atoms with Gasteiger partial charge in [0.25, 0.3) is 0 Å². The molecule has 0 radical (unpaired) electrons. The molecule has 12 nitrogen and oxygen atoms in total. The summed E-state index contributed by atoms with van der Waals surface area (Å²) in [4.78, 5) is 23.3. The second-order valence-corrected chi connectivity index (χ2v) is 20.5. The predicted molar refractivity (Wildman–Crippen MR) is 294 cm³/mol. The van der Waals surface area contributed by atoms with Crippen LogP contribution in [0.25, 0.3) is 0 Å². The number of esters is 1. The lowest BCUT2D eigenvalue weighted by Gasteiger charge is -2.41. The molecule has 0 spiro atoms. The molecule has 0 heterocycles. The van der Waals surface area contributed by atoms with Crippen LogP contribution in [0.1, 0.15) is 206 Å². The van der Waals surface area contributed by atoms with Gasteiger partial charge in [-0.1, -0.05) is 207 Å². The van der Waals surface area contributed by atoms with Gasteiger partial charge in [0.2, 0.25) is 0 Å². The van der Waals surface area contributed by atoms with Crippen molar-refractivity contribution in [3.8, 4) is 0 Å². The molecule has 0 aromatic heterocycles. The number of aliphatic hydroxyl groups excluding tert-OH is 5. The van der Waals surface area contributed by atoms with Crippen molar-refractivity contribution in [2.24, 2.45) is 0 Å². The van der Waals surface area contributed by atoms with Gasteiger partial charge in [-0.3, -0.25) is 13.8 Å². The number of ether oxygens (including phenoxy) is 2. The van der Waals surface area contributed by atoms with Gasteiger partial charge in [-0.05, 0) is 89.9 Å². The highest BCUT2D eigenvalue weighted by atomic mass is 31.2. The summed E-state index contributed by atoms with van der Waals surface area (Å²) in [7, 11) is -5.05. The maximum atomic E-state index is 12.9. The molecule has 6 N–H and O–H groups in total. The van der Waals surface area contributed by atoms with Crippen LogP contribution in [0.15, 0.2) is 97.2 Å². The number of unbranched alkanes of at least 4 members (excludes halogenated alkanes) is 19. The minimum atomic E-state index is -5.05. The van der Waals surface area contributed by atoms with Gasteiger partial charge in [-0.25, -0.2) is 4.57 Å². The van der Waals surface area contributed by atoms with E-state index in [-0.39, 0.29) is 13.0 Å². The second-order valence-electron chi connectivity index (χ2n) is 19.0. The first-order chi connectivity index (χ1) is 35.0. The highest BCUT2D eigenvalue weighted by Crippen LogP contribution is 2.47. The van der Waals surface area contributed by atoms with Crippen molar-refractivity contribution in [3.63, 3.8) is 0 Å². The monoisotopic (exact) mass is 1030 g/mol. The molecule has 0 aliphatic heterocycles. The van der Waals surface area contributed by atoms with Gasteiger partial charge in [0.1, 0.15) is 42.7 Å². The molecule has 0 amide bonds. The third-order valence-corrected chi connectivity index (χ3v) is 13.4. The maximum absolute atomic E-state index is 12.9. The van der Waals surface area contributed by atoms with Crippen LogP contribution in [-0.4, -0.2) is 98.9 Å². The van der Waals surface area contributed by atoms with Gasteiger partial charge >= 0.3 is 13.8 Å². The highest BCUT2D eigenvalue weighted by Gasteiger charge is 2.51. The third kappa shape index (κ3) is 38.8. The number of allylic oxidation sites excluding steroid dienone is 16. The van der Waals surface area contributed by atoms with Crippen molar-refractivity contribution < 1.29 is 58.3 Å². The summed E-state index contributed by atoms with van der Waals surface area (Å²) in [5.41, 5.74) is 0. The molecule has 0 aromatic carbocycles. The lowest BCUT2D eigenvalue weighted by molar-refractivity contribution is -0.220. The minimum absolute atomic E-state index is 0.101. The number of rotatable bonds is 47. The molecule has 0 aromatic rings. The zero-order chi connectivity index (χ0) is 52.6. The Morgan fingerprint density at radius 1 is 0.458 bits per heavy atom. The SMILES string of the molecule is CC/C=C\C/C=C\C/C=C\C/C=C\C/C=C\C/C=C\C/C=C\CCCC(=O)OC(COCCCCCCCCCCCC/C=C\CCCCCCCCCC)COP(=O)(O)OC1C(O)C(O)C(O)C(O)C1O. The average molecular weight is 1030 g/mol. The number of hydrogen-bond acceptors (Lipinski definition) is 11. The van der Waals surface area contributed by atoms with E-state index in [1.807, 2.05) is 12.2 Å². The van der Waals surface area contributed by atoms with Gasteiger partial charge in [0.05, 0.1) is 13.2 Å². The number of phosphoric acid groups is 1. The summed E-state index contributed by atoms with van der Waals surface area (Å²) in [5, 5.41) is 50.4. The molecule has 414 valence electrons. The number of phosphoric ester groups is 1. The van der Waals surface area contributed by atoms with E-state index in [0.717, 1.165) is 70.6 Å². The Bertz CT molecular complexity index is 1550. The topological polar surface area (TPSA) is 192 Å². The first kappa shape index (κ1) is 67.3. The molecular formula is C59H101O12P. The van der Waals surface area contributed by atoms with Crippen molar-refractivity contribution in [2.75, 3.05) is 19.8 Å². The van der Waals surface area contributed by atoms with Crippen LogP contribution >= 0.6 is 7.82 Å². The fourth-order valence-corrected chi connectivity index (χ4v) is 9.02. The van der Waals surface area contributed by atoms with Crippen molar-refractivity contribution >= 4 is 13.8 Å². The Morgan fingerprint density at radius 2 is 0.819 bits per heavy atom. The molecule has 6 unspecified atom stereocenters. The van der Waals surface area contributed by atoms with E-state index in [9.17, 15) is 39.8 Å². The third-order valence-electron chi connectivity index (χ3n) is 12.4. The second kappa shape index (κ2) is 47.9. The lowest BCUT2D eigenvalue weighted by Crippen LogP contribution is -2.64. The summed E-state index contributed by atoms with van der Waals surface area (Å²) in [6, 6.07) is 0. The van der Waals surface area contributed by atoms with Crippen molar-refractivity contribution in [3.05, 3.63) is 97.2 Å². The van der Waals surface area contributed by atoms with Crippen LogP contribution < -0.4 is 0 Å². The summed E-state index contributed by atoms with van der Waals surface area (Å²) >= 11 is 0. The zero-order valence-electron chi connectivity index (χ0n) is 44.7. The van der Waals surface area contributed by atoms with Crippen LogP contribution in [0.2, 0.25) is 0 Å². The molecule has 0 bridgehead atoms. The van der Waals surface area contributed by atoms with E-state index in [1.165, 1.54) is 103 Å². The number of aliphatic hydroxyl groups is 5. The fourth-order valence-electron chi connectivity index (χ4n) is 8.05. The molecular weight excluding hydrogens is 932 g/mol. The standard InChI is InChI=1S/C59H101O12P/c1-3-5-7-9-11-13-15-17-19-21-23-25-27-28-30-32-34-36-38-40-42-44-46-48-53(60)70-52(51-69-72(66,67)71-59-57(64)55(62)54(61)56(63)58(59)65)50-68-49-47-45-43-41-39-37-35-33-31-29-26-24-22-20-18-16-14-12-10-8-6-4-2/h5,7,11,13,17,19,22-25,28,30,34,36,40,42,52,54-59,61-65H,3-4,6,8-10,12,14-16,18,20-21,26-27,29,31-33,35,37-39,41,43-51H2,1-2H3,(H,66,67)/b7-5-,13-11-,19-17-,24-22-,25-23-,30-28-,36-34-,42-40-. The van der Waals surface area contributed by atoms with Gasteiger partial charge in [0, 0.05) is 13.0 Å². The fraction of sp³-hybridized carbons (Fsp3) is 0.712. The molecule has 1 aliphatic rings. The van der Waals surface area contributed by atoms with E-state index in [0.29, 0.717) is 19.4 Å². The summed E-state index contributed by atoms with van der Waals surface area (Å²) in [5.74, 6) is -0.536. The predicted octanol–water partition coefficient (Wildman–Crippen LogP) is 13.4. The molecule has 6 atom stereocenters. The Labute approximate surface area is 436 Å². The molecule has 13 heteroatoms. The van der Waals surface area contributed by atoms with E-state index in [2.05, 4.69) is 98.9 Å². The molecule has 1 rings (SSSR count). The Hall–Kier alpha value is -2.74. The number of carbonyl (C=O) groups is 1. The molecule has 1 saturated carbocycles. The quantitative estimate of drug-likeness (QED) is 0.0146. The average Bonchev–Trinajstić information content (AvgIpc) is 3.37. The smallest absolute Gasteiger partial charge is 0.457 e. The van der Waals surface area contributed by atoms with Crippen molar-refractivity contribution in [1.82, 2.24) is 0 Å². The van der Waals surface area contributed by atoms with E-state index >= 15 is 0 Å². The Morgan fingerprint density at radius 3 is 1.26 bits per heavy atom. The summed E-state index contributed by atoms with van der Waals surface area (Å²) in [6.45, 7) is 4.10. The largest absolute Gasteiger partial charge is 0.472 e. The van der Waals surface area contributed by atoms with Gasteiger partial charge in [-0.2, -0.15) is 0 Å². The van der Waals surface area contributed by atoms with Crippen molar-refractivity contribution in [2.45, 2.75) is 249 Å². The molecule has 72 heavy (non-hydrogen) atoms. The van der Waals surface area contributed by atoms with Crippen LogP contribution in [-0.2, 0) is 27.9 Å². The summed E-state index contributed by atoms with van der Waals surface area (Å²) in [6.07, 6.45) is 54.8. The van der Waals surface area contributed by atoms with Crippen LogP contribution in [0, 0.1) is 0 Å². The zero-order valence-corrected chi connectivity index (χ0v) is 45.6. The van der Waals surface area contributed by atoms with Crippen LogP contribution in [0.3, 0.4) is 0 Å². The van der Waals surface area contributed by atoms with Gasteiger partial charge in [-0.15, -0.1) is 0 Å². The van der Waals surface area contributed by atoms with Crippen LogP contribution in [0.5, 0.6) is 0 Å². The Balaban J connectivity index is 2.36. The van der Waals surface area contributed by atoms with E-state index in [4.69, 9.17) is 18.5 Å². The van der Waals surface area contributed by atoms with Gasteiger partial charge < -0.3 is 39.9 Å². The normalized spacial score (nSPS) is 21.4. The number of carbonyl (C=O) groups excluding carboxylic acids is 1. The Kier molecular flexibility index (Phi) is 44.8. The maximum Gasteiger partial charge on any atom is 0.472 e. The molecule has 1 fully saturated rings. The first-order valence-electron chi connectivity index (χ1n) is 28.1. The number of hydrogen-bond donors (Lipinski definition) is 6. The summed E-state index contributed by atoms with van der Waals surface area (Å²) < 4.78 is 34.3. The lowest BCUT2D eigenvalue weighted by atomic mass is 9.85. The van der Waals surface area contributed by atoms with Gasteiger partial charge in [0.15, 0.2) is 0 Å². The highest BCUT2D eigenvalue weighted by molar-refractivity contribution is 7.47. The van der Waals surface area contributed by atoms with E-state index < -0.39 is 63.1 Å². The van der Waals surface area contributed by atoms with E-state index in [1.54, 1.807) is 0 Å². The first-order valence-corrected chi connectivity index (χ1v) is 29.6. The van der Waals surface area contributed by atoms with Crippen molar-refractivity contribution in [1.29, 1.82) is 0 Å². The van der Waals surface area contributed by atoms with Crippen LogP contribution in [0.4, 0.5) is 0 Å². The minimum Gasteiger partial charge on any atom is -0.457 e.